The Morgan fingerprint density at radius 1 is 1.00 bits per heavy atom. The van der Waals surface area contributed by atoms with E-state index < -0.39 is 45.1 Å². The lowest BCUT2D eigenvalue weighted by Gasteiger charge is -2.45. The van der Waals surface area contributed by atoms with Crippen LogP contribution >= 0.6 is 0 Å². The number of alkyl halides is 6. The molecule has 1 saturated carbocycles. The number of hydrogen-bond donors (Lipinski definition) is 1. The molecule has 1 saturated heterocycles. The Kier molecular flexibility index (Phi) is 5.78. The van der Waals surface area contributed by atoms with E-state index in [9.17, 15) is 39.6 Å². The topological polar surface area (TPSA) is 99.1 Å². The van der Waals surface area contributed by atoms with Crippen LogP contribution in [0.1, 0.15) is 32.1 Å². The Morgan fingerprint density at radius 3 is 1.96 bits per heavy atom. The minimum Gasteiger partial charge on any atom is -0.455 e. The Bertz CT molecular complexity index is 643. The van der Waals surface area contributed by atoms with Crippen molar-refractivity contribution < 1.29 is 58.3 Å². The quantitative estimate of drug-likeness (QED) is 0.417. The van der Waals surface area contributed by atoms with Crippen molar-refractivity contribution in [2.75, 3.05) is 13.2 Å². The van der Waals surface area contributed by atoms with Crippen molar-refractivity contribution in [1.29, 1.82) is 0 Å². The minimum atomic E-state index is -7.04. The molecule has 0 radical (unpaired) electrons. The highest BCUT2D eigenvalue weighted by Crippen LogP contribution is 2.50. The number of carbonyl (C=O) groups excluding carboxylic acids is 1. The molecule has 1 heterocycles. The lowest BCUT2D eigenvalue weighted by Crippen LogP contribution is -2.68. The molecule has 1 atom stereocenters. The van der Waals surface area contributed by atoms with Gasteiger partial charge >= 0.3 is 33.2 Å². The van der Waals surface area contributed by atoms with Crippen molar-refractivity contribution >= 4 is 16.1 Å². The Balaban J connectivity index is 2.47. The monoisotopic (exact) mass is 430 g/mol. The van der Waals surface area contributed by atoms with Gasteiger partial charge in [0.05, 0.1) is 13.2 Å². The lowest BCUT2D eigenvalue weighted by atomic mass is 9.90. The minimum absolute atomic E-state index is 0.0296. The molecule has 7 nitrogen and oxygen atoms in total. The van der Waals surface area contributed by atoms with Crippen LogP contribution in [0.3, 0.4) is 0 Å². The van der Waals surface area contributed by atoms with E-state index in [0.717, 1.165) is 0 Å². The van der Waals surface area contributed by atoms with E-state index >= 15 is 0 Å². The highest BCUT2D eigenvalue weighted by atomic mass is 32.2. The second kappa shape index (κ2) is 7.04. The molecule has 0 bridgehead atoms. The molecule has 1 aliphatic carbocycles. The molecule has 1 aliphatic heterocycles. The normalized spacial score (nSPS) is 24.6. The Morgan fingerprint density at radius 2 is 1.52 bits per heavy atom. The first-order valence-electron chi connectivity index (χ1n) is 7.78. The number of halogens is 6. The van der Waals surface area contributed by atoms with Gasteiger partial charge in [-0.1, -0.05) is 0 Å². The van der Waals surface area contributed by atoms with Gasteiger partial charge in [0.15, 0.2) is 6.10 Å². The van der Waals surface area contributed by atoms with Crippen LogP contribution in [0, 0.1) is 0 Å². The molecular formula is C13H16F6O7S. The van der Waals surface area contributed by atoms with E-state index in [4.69, 9.17) is 14.0 Å². The number of hydrogen-bond acceptors (Lipinski definition) is 6. The van der Waals surface area contributed by atoms with Gasteiger partial charge in [0, 0.05) is 6.42 Å². The summed E-state index contributed by atoms with van der Waals surface area (Å²) in [4.78, 5) is 12.0. The van der Waals surface area contributed by atoms with Crippen molar-refractivity contribution in [1.82, 2.24) is 0 Å². The molecule has 1 unspecified atom stereocenters. The average Bonchev–Trinajstić information content (AvgIpc) is 2.46. The SMILES string of the molecule is O=C(OC1CCCCC12OCCCO2)C(C(F)(F)F)(C(F)(F)F)S(=O)(=O)O. The van der Waals surface area contributed by atoms with Crippen molar-refractivity contribution in [3.8, 4) is 0 Å². The number of rotatable bonds is 3. The van der Waals surface area contributed by atoms with Crippen LogP contribution in [0.2, 0.25) is 0 Å². The summed E-state index contributed by atoms with van der Waals surface area (Å²) < 4.78 is 119. The van der Waals surface area contributed by atoms with Crippen molar-refractivity contribution in [2.45, 2.75) is 61.1 Å². The lowest BCUT2D eigenvalue weighted by molar-refractivity contribution is -0.326. The summed E-state index contributed by atoms with van der Waals surface area (Å²) in [5, 5.41) is 0. The van der Waals surface area contributed by atoms with Crippen LogP contribution in [0.5, 0.6) is 0 Å². The van der Waals surface area contributed by atoms with E-state index in [1.54, 1.807) is 0 Å². The van der Waals surface area contributed by atoms with Crippen molar-refractivity contribution in [3.05, 3.63) is 0 Å². The maximum atomic E-state index is 13.2. The molecule has 1 spiro atoms. The second-order valence-electron chi connectivity index (χ2n) is 6.15. The number of esters is 1. The molecule has 2 aliphatic rings. The van der Waals surface area contributed by atoms with E-state index in [-0.39, 0.29) is 32.5 Å². The van der Waals surface area contributed by atoms with Crippen LogP contribution in [0.15, 0.2) is 0 Å². The van der Waals surface area contributed by atoms with Gasteiger partial charge in [0.25, 0.3) is 0 Å². The average molecular weight is 430 g/mol. The third kappa shape index (κ3) is 3.63. The fraction of sp³-hybridized carbons (Fsp3) is 0.923. The first-order valence-corrected chi connectivity index (χ1v) is 9.22. The first kappa shape index (κ1) is 22.2. The zero-order valence-corrected chi connectivity index (χ0v) is 14.4. The maximum Gasteiger partial charge on any atom is 0.430 e. The molecule has 0 aromatic heterocycles. The summed E-state index contributed by atoms with van der Waals surface area (Å²) in [5.74, 6) is -4.96. The van der Waals surface area contributed by atoms with E-state index in [0.29, 0.717) is 12.8 Å². The van der Waals surface area contributed by atoms with E-state index in [2.05, 4.69) is 4.74 Å². The molecule has 158 valence electrons. The summed E-state index contributed by atoms with van der Waals surface area (Å²) >= 11 is 0. The van der Waals surface area contributed by atoms with E-state index in [1.165, 1.54) is 0 Å². The van der Waals surface area contributed by atoms with Gasteiger partial charge in [-0.3, -0.25) is 4.55 Å². The van der Waals surface area contributed by atoms with Crippen molar-refractivity contribution in [3.63, 3.8) is 0 Å². The molecule has 0 amide bonds. The summed E-state index contributed by atoms with van der Waals surface area (Å²) in [6, 6.07) is 0. The predicted octanol–water partition coefficient (Wildman–Crippen LogP) is 2.36. The van der Waals surface area contributed by atoms with Gasteiger partial charge in [-0.25, -0.2) is 4.79 Å². The van der Waals surface area contributed by atoms with Crippen LogP contribution in [0.25, 0.3) is 0 Å². The van der Waals surface area contributed by atoms with Gasteiger partial charge in [-0.2, -0.15) is 34.8 Å². The molecular weight excluding hydrogens is 414 g/mol. The molecule has 2 rings (SSSR count). The summed E-state index contributed by atoms with van der Waals surface area (Å²) in [6.07, 6.45) is -14.2. The zero-order valence-electron chi connectivity index (χ0n) is 13.6. The van der Waals surface area contributed by atoms with Crippen LogP contribution < -0.4 is 0 Å². The second-order valence-corrected chi connectivity index (χ2v) is 7.72. The van der Waals surface area contributed by atoms with Gasteiger partial charge in [-0.15, -0.1) is 0 Å². The third-order valence-corrected chi connectivity index (χ3v) is 5.84. The highest BCUT2D eigenvalue weighted by molar-refractivity contribution is 7.88. The molecule has 14 heteroatoms. The molecule has 0 aromatic carbocycles. The first-order chi connectivity index (χ1) is 12.2. The largest absolute Gasteiger partial charge is 0.455 e. The predicted molar refractivity (Wildman–Crippen MR) is 74.0 cm³/mol. The number of ether oxygens (including phenoxy) is 3. The summed E-state index contributed by atoms with van der Waals surface area (Å²) in [7, 11) is -7.04. The molecule has 2 fully saturated rings. The van der Waals surface area contributed by atoms with Gasteiger partial charge in [0.2, 0.25) is 5.79 Å². The maximum absolute atomic E-state index is 13.2. The van der Waals surface area contributed by atoms with Crippen LogP contribution in [0.4, 0.5) is 26.3 Å². The summed E-state index contributed by atoms with van der Waals surface area (Å²) in [6.45, 7) is 0.131. The smallest absolute Gasteiger partial charge is 0.430 e. The number of carbonyl (C=O) groups is 1. The van der Waals surface area contributed by atoms with E-state index in [1.807, 2.05) is 0 Å². The van der Waals surface area contributed by atoms with Crippen LogP contribution in [-0.2, 0) is 29.1 Å². The molecule has 0 aromatic rings. The summed E-state index contributed by atoms with van der Waals surface area (Å²) in [5.41, 5.74) is 0. The third-order valence-electron chi connectivity index (χ3n) is 4.44. The van der Waals surface area contributed by atoms with Gasteiger partial charge in [-0.05, 0) is 25.7 Å². The fourth-order valence-corrected chi connectivity index (χ4v) is 4.00. The zero-order chi connectivity index (χ0) is 20.7. The van der Waals surface area contributed by atoms with Gasteiger partial charge < -0.3 is 14.2 Å². The Hall–Kier alpha value is -1.12. The van der Waals surface area contributed by atoms with Gasteiger partial charge in [0.1, 0.15) is 0 Å². The standard InChI is InChI=1S/C13H16F6O7S/c14-12(15,16)11(13(17,18)19,27(21,22)23)9(20)26-8-4-1-2-5-10(8)24-6-3-7-25-10/h8H,1-7H2,(H,21,22,23). The molecule has 1 N–H and O–H groups in total. The molecule has 27 heavy (non-hydrogen) atoms. The van der Waals surface area contributed by atoms with Crippen molar-refractivity contribution in [2.24, 2.45) is 0 Å². The fourth-order valence-electron chi connectivity index (χ4n) is 3.15. The highest BCUT2D eigenvalue weighted by Gasteiger charge is 2.85. The van der Waals surface area contributed by atoms with Crippen LogP contribution in [-0.4, -0.2) is 61.1 Å². The Labute approximate surface area is 149 Å².